The third kappa shape index (κ3) is 4.24. The van der Waals surface area contributed by atoms with Crippen molar-refractivity contribution >= 4 is 17.7 Å². The summed E-state index contributed by atoms with van der Waals surface area (Å²) in [6.45, 7) is 1.72. The van der Waals surface area contributed by atoms with Gasteiger partial charge in [0.25, 0.3) is 5.91 Å². The second-order valence-electron chi connectivity index (χ2n) is 5.29. The molecule has 1 atom stereocenters. The van der Waals surface area contributed by atoms with Crippen LogP contribution in [0.15, 0.2) is 29.8 Å². The molecule has 9 heteroatoms. The molecule has 1 aliphatic heterocycles. The van der Waals surface area contributed by atoms with Crippen LogP contribution in [-0.2, 0) is 11.8 Å². The maximum atomic E-state index is 12.4. The predicted molar refractivity (Wildman–Crippen MR) is 88.1 cm³/mol. The summed E-state index contributed by atoms with van der Waals surface area (Å²) in [5, 5.41) is 11.5. The Morgan fingerprint density at radius 1 is 1.58 bits per heavy atom. The Hall–Kier alpha value is -2.13. The third-order valence-corrected chi connectivity index (χ3v) is 4.51. The average molecular weight is 349 g/mol. The van der Waals surface area contributed by atoms with Gasteiger partial charge in [0.1, 0.15) is 18.0 Å². The van der Waals surface area contributed by atoms with Gasteiger partial charge < -0.3 is 19.4 Å². The average Bonchev–Trinajstić information content (AvgIpc) is 3.24. The molecule has 2 aromatic rings. The number of aryl methyl sites for hydroxylation is 1. The first kappa shape index (κ1) is 16.7. The van der Waals surface area contributed by atoms with E-state index in [0.717, 1.165) is 11.6 Å². The molecular weight excluding hydrogens is 330 g/mol. The number of carbonyl (C=O) groups is 1. The zero-order valence-corrected chi connectivity index (χ0v) is 14.2. The highest BCUT2D eigenvalue weighted by Crippen LogP contribution is 2.19. The summed E-state index contributed by atoms with van der Waals surface area (Å²) >= 11 is 1.53. The lowest BCUT2D eigenvalue weighted by molar-refractivity contribution is 0.0943. The molecule has 128 valence electrons. The fraction of sp³-hybridized carbons (Fsp3) is 0.467. The second kappa shape index (κ2) is 8.11. The van der Waals surface area contributed by atoms with Gasteiger partial charge in [-0.15, -0.1) is 10.2 Å². The van der Waals surface area contributed by atoms with Crippen molar-refractivity contribution in [2.75, 3.05) is 25.5 Å². The first-order valence-electron chi connectivity index (χ1n) is 7.68. The molecule has 1 aliphatic rings. The molecule has 0 unspecified atom stereocenters. The van der Waals surface area contributed by atoms with Crippen LogP contribution in [0, 0.1) is 0 Å². The van der Waals surface area contributed by atoms with Crippen LogP contribution >= 0.6 is 11.8 Å². The van der Waals surface area contributed by atoms with Gasteiger partial charge in [0.05, 0.1) is 13.2 Å². The second-order valence-corrected chi connectivity index (χ2v) is 6.35. The minimum atomic E-state index is -0.199. The van der Waals surface area contributed by atoms with Crippen molar-refractivity contribution in [3.05, 3.63) is 30.2 Å². The number of hydrogen-bond acceptors (Lipinski definition) is 7. The normalized spacial score (nSPS) is 17.0. The minimum Gasteiger partial charge on any atom is -0.471 e. The van der Waals surface area contributed by atoms with E-state index in [1.807, 2.05) is 11.6 Å². The molecule has 0 spiro atoms. The van der Waals surface area contributed by atoms with E-state index < -0.39 is 0 Å². The van der Waals surface area contributed by atoms with Crippen molar-refractivity contribution in [3.63, 3.8) is 0 Å². The molecule has 1 saturated heterocycles. The smallest absolute Gasteiger partial charge is 0.256 e. The zero-order chi connectivity index (χ0) is 16.8. The SMILES string of the molecule is Cn1cnnc1SCCNC(=O)c1cccnc1O[C@H]1CCOC1. The fourth-order valence-corrected chi connectivity index (χ4v) is 2.97. The summed E-state index contributed by atoms with van der Waals surface area (Å²) < 4.78 is 12.9. The van der Waals surface area contributed by atoms with E-state index in [9.17, 15) is 4.79 Å². The molecule has 1 N–H and O–H groups in total. The van der Waals surface area contributed by atoms with E-state index in [1.165, 1.54) is 11.8 Å². The predicted octanol–water partition coefficient (Wildman–Crippen LogP) is 0.900. The molecule has 3 rings (SSSR count). The van der Waals surface area contributed by atoms with Gasteiger partial charge in [0, 0.05) is 32.0 Å². The molecular formula is C15H19N5O3S. The highest BCUT2D eigenvalue weighted by molar-refractivity contribution is 7.99. The topological polar surface area (TPSA) is 91.2 Å². The van der Waals surface area contributed by atoms with Crippen molar-refractivity contribution in [2.24, 2.45) is 7.05 Å². The number of pyridine rings is 1. The van der Waals surface area contributed by atoms with E-state index in [1.54, 1.807) is 24.7 Å². The maximum Gasteiger partial charge on any atom is 0.256 e. The van der Waals surface area contributed by atoms with Gasteiger partial charge in [-0.3, -0.25) is 4.79 Å². The van der Waals surface area contributed by atoms with Gasteiger partial charge in [0.2, 0.25) is 5.88 Å². The Morgan fingerprint density at radius 2 is 2.50 bits per heavy atom. The maximum absolute atomic E-state index is 12.4. The van der Waals surface area contributed by atoms with Crippen molar-refractivity contribution in [3.8, 4) is 5.88 Å². The summed E-state index contributed by atoms with van der Waals surface area (Å²) in [6.07, 6.45) is 4.03. The van der Waals surface area contributed by atoms with E-state index in [2.05, 4.69) is 20.5 Å². The highest BCUT2D eigenvalue weighted by atomic mass is 32.2. The standard InChI is InChI=1S/C15H19N5O3S/c1-20-10-18-19-15(20)24-8-6-16-13(21)12-3-2-5-17-14(12)23-11-4-7-22-9-11/h2-3,5,10-11H,4,6-9H2,1H3,(H,16,21)/t11-/m0/s1. The van der Waals surface area contributed by atoms with Crippen molar-refractivity contribution in [1.29, 1.82) is 0 Å². The summed E-state index contributed by atoms with van der Waals surface area (Å²) in [5.41, 5.74) is 0.438. The number of aromatic nitrogens is 4. The minimum absolute atomic E-state index is 0.0436. The number of carbonyl (C=O) groups excluding carboxylic acids is 1. The van der Waals surface area contributed by atoms with E-state index >= 15 is 0 Å². The number of nitrogens with zero attached hydrogens (tertiary/aromatic N) is 4. The van der Waals surface area contributed by atoms with Gasteiger partial charge in [-0.25, -0.2) is 4.98 Å². The highest BCUT2D eigenvalue weighted by Gasteiger charge is 2.21. The Bertz CT molecular complexity index is 687. The van der Waals surface area contributed by atoms with Crippen LogP contribution in [0.1, 0.15) is 16.8 Å². The molecule has 8 nitrogen and oxygen atoms in total. The number of rotatable bonds is 7. The van der Waals surface area contributed by atoms with Crippen molar-refractivity contribution < 1.29 is 14.3 Å². The fourth-order valence-electron chi connectivity index (χ4n) is 2.23. The molecule has 24 heavy (non-hydrogen) atoms. The van der Waals surface area contributed by atoms with Crippen molar-refractivity contribution in [1.82, 2.24) is 25.1 Å². The quantitative estimate of drug-likeness (QED) is 0.586. The molecule has 0 aliphatic carbocycles. The zero-order valence-electron chi connectivity index (χ0n) is 13.3. The van der Waals surface area contributed by atoms with Gasteiger partial charge in [-0.2, -0.15) is 0 Å². The summed E-state index contributed by atoms with van der Waals surface area (Å²) in [7, 11) is 1.88. The molecule has 0 radical (unpaired) electrons. The number of ether oxygens (including phenoxy) is 2. The number of thioether (sulfide) groups is 1. The van der Waals surface area contributed by atoms with Gasteiger partial charge >= 0.3 is 0 Å². The van der Waals surface area contributed by atoms with Crippen LogP contribution in [0.3, 0.4) is 0 Å². The van der Waals surface area contributed by atoms with Gasteiger partial charge in [0.15, 0.2) is 5.16 Å². The Labute approximate surface area is 144 Å². The molecule has 0 saturated carbocycles. The van der Waals surface area contributed by atoms with Gasteiger partial charge in [-0.05, 0) is 12.1 Å². The largest absolute Gasteiger partial charge is 0.471 e. The lowest BCUT2D eigenvalue weighted by Crippen LogP contribution is -2.27. The first-order chi connectivity index (χ1) is 11.7. The van der Waals surface area contributed by atoms with Crippen LogP contribution in [0.2, 0.25) is 0 Å². The lowest BCUT2D eigenvalue weighted by atomic mass is 10.2. The number of amides is 1. The first-order valence-corrected chi connectivity index (χ1v) is 8.67. The Balaban J connectivity index is 1.51. The molecule has 0 bridgehead atoms. The summed E-state index contributed by atoms with van der Waals surface area (Å²) in [5.74, 6) is 0.854. The van der Waals surface area contributed by atoms with E-state index in [0.29, 0.717) is 37.0 Å². The Kier molecular flexibility index (Phi) is 5.65. The van der Waals surface area contributed by atoms with Gasteiger partial charge in [-0.1, -0.05) is 11.8 Å². The molecule has 2 aromatic heterocycles. The van der Waals surface area contributed by atoms with E-state index in [-0.39, 0.29) is 12.0 Å². The molecule has 1 amide bonds. The monoisotopic (exact) mass is 349 g/mol. The summed E-state index contributed by atoms with van der Waals surface area (Å²) in [4.78, 5) is 16.5. The van der Waals surface area contributed by atoms with Crippen LogP contribution in [0.5, 0.6) is 5.88 Å². The van der Waals surface area contributed by atoms with Crippen LogP contribution in [0.4, 0.5) is 0 Å². The van der Waals surface area contributed by atoms with Crippen LogP contribution < -0.4 is 10.1 Å². The Morgan fingerprint density at radius 3 is 3.25 bits per heavy atom. The van der Waals surface area contributed by atoms with Crippen molar-refractivity contribution in [2.45, 2.75) is 17.7 Å². The van der Waals surface area contributed by atoms with E-state index in [4.69, 9.17) is 9.47 Å². The third-order valence-electron chi connectivity index (χ3n) is 3.47. The number of nitrogens with one attached hydrogen (secondary N) is 1. The molecule has 1 fully saturated rings. The summed E-state index contributed by atoms with van der Waals surface area (Å²) in [6, 6.07) is 3.44. The number of hydrogen-bond donors (Lipinski definition) is 1. The lowest BCUT2D eigenvalue weighted by Gasteiger charge is -2.14. The molecule has 3 heterocycles. The van der Waals surface area contributed by atoms with Crippen LogP contribution in [-0.4, -0.2) is 57.3 Å². The van der Waals surface area contributed by atoms with Crippen LogP contribution in [0.25, 0.3) is 0 Å². The molecule has 0 aromatic carbocycles.